The van der Waals surface area contributed by atoms with Crippen LogP contribution in [0.3, 0.4) is 0 Å². The van der Waals surface area contributed by atoms with E-state index in [0.29, 0.717) is 18.8 Å². The molecule has 42 heavy (non-hydrogen) atoms. The number of aldehydes is 1. The molecule has 0 saturated heterocycles. The molecule has 0 unspecified atom stereocenters. The summed E-state index contributed by atoms with van der Waals surface area (Å²) >= 11 is 1.77. The first-order valence-electron chi connectivity index (χ1n) is 16.3. The summed E-state index contributed by atoms with van der Waals surface area (Å²) in [4.78, 5) is 24.4. The molecule has 0 amide bonds. The van der Waals surface area contributed by atoms with Crippen LogP contribution in [0.5, 0.6) is 0 Å². The van der Waals surface area contributed by atoms with Crippen molar-refractivity contribution in [2.45, 2.75) is 162 Å². The van der Waals surface area contributed by atoms with E-state index in [0.717, 1.165) is 41.8 Å². The largest absolute Gasteiger partial charge is 0.481 e. The van der Waals surface area contributed by atoms with Gasteiger partial charge in [-0.15, -0.1) is 11.8 Å². The van der Waals surface area contributed by atoms with Gasteiger partial charge in [0.25, 0.3) is 0 Å². The van der Waals surface area contributed by atoms with Crippen LogP contribution in [0.2, 0.25) is 36.3 Å². The molecule has 0 aromatic rings. The molecule has 1 rings (SSSR count). The molecule has 0 aromatic carbocycles. The molecule has 0 aromatic heterocycles. The maximum Gasteiger partial charge on any atom is 0.303 e. The second kappa shape index (κ2) is 17.1. The standard InChI is InChI=1S/C34H64O5SSi2/c1-13-14-18-26(2)23-28(38-41(9,10)33(3,4)5)20-21-29-30(39-42(11,12)34(6,7)8)24-27(25-35)32(29)40-22-17-15-16-19-31(36)37/h20-21,25-26,28-30H,13-19,22-24H2,1-12H3,(H,36,37)/b21-20+/t26-,28-,29+,30-/m1/s1. The summed E-state index contributed by atoms with van der Waals surface area (Å²) in [6.07, 6.45) is 13.7. The van der Waals surface area contributed by atoms with Crippen molar-refractivity contribution in [3.63, 3.8) is 0 Å². The third kappa shape index (κ3) is 12.7. The first kappa shape index (κ1) is 39.3. The molecular formula is C34H64O5SSi2. The summed E-state index contributed by atoms with van der Waals surface area (Å²) < 4.78 is 14.0. The van der Waals surface area contributed by atoms with Crippen molar-refractivity contribution in [2.75, 3.05) is 5.75 Å². The molecule has 0 saturated carbocycles. The minimum atomic E-state index is -2.07. The van der Waals surface area contributed by atoms with Crippen LogP contribution in [-0.2, 0) is 18.4 Å². The Bertz CT molecular complexity index is 914. The van der Waals surface area contributed by atoms with E-state index in [4.69, 9.17) is 14.0 Å². The summed E-state index contributed by atoms with van der Waals surface area (Å²) in [7, 11) is -4.06. The van der Waals surface area contributed by atoms with Gasteiger partial charge in [-0.3, -0.25) is 9.59 Å². The molecule has 0 radical (unpaired) electrons. The zero-order chi connectivity index (χ0) is 32.4. The molecule has 0 heterocycles. The van der Waals surface area contributed by atoms with E-state index < -0.39 is 22.6 Å². The summed E-state index contributed by atoms with van der Waals surface area (Å²) in [5.41, 5.74) is 0.863. The topological polar surface area (TPSA) is 72.8 Å². The van der Waals surface area contributed by atoms with Gasteiger partial charge in [0.15, 0.2) is 16.6 Å². The summed E-state index contributed by atoms with van der Waals surface area (Å²) in [6, 6.07) is 0. The number of aliphatic carboxylic acids is 1. The maximum atomic E-state index is 12.3. The SMILES string of the molecule is CCCC[C@@H](C)C[C@@H](/C=C/[C@@H]1C(SCCCCCC(=O)O)=C(C=O)C[C@H]1O[Si](C)(C)C(C)(C)C)O[Si](C)(C)C(C)(C)C. The number of carbonyl (C=O) groups is 2. The minimum absolute atomic E-state index is 0.0276. The van der Waals surface area contributed by atoms with Gasteiger partial charge in [-0.1, -0.05) is 93.2 Å². The highest BCUT2D eigenvalue weighted by molar-refractivity contribution is 8.03. The van der Waals surface area contributed by atoms with Gasteiger partial charge in [-0.2, -0.15) is 0 Å². The molecule has 0 fully saturated rings. The normalized spacial score (nSPS) is 20.4. The highest BCUT2D eigenvalue weighted by Gasteiger charge is 2.44. The van der Waals surface area contributed by atoms with Crippen molar-refractivity contribution >= 4 is 40.7 Å². The van der Waals surface area contributed by atoms with Crippen LogP contribution in [0.1, 0.15) is 113 Å². The van der Waals surface area contributed by atoms with Gasteiger partial charge >= 0.3 is 5.97 Å². The number of hydrogen-bond donors (Lipinski definition) is 1. The first-order valence-corrected chi connectivity index (χ1v) is 23.1. The van der Waals surface area contributed by atoms with Crippen LogP contribution >= 0.6 is 11.8 Å². The van der Waals surface area contributed by atoms with Gasteiger partial charge in [-0.25, -0.2) is 0 Å². The van der Waals surface area contributed by atoms with Crippen molar-refractivity contribution in [1.82, 2.24) is 0 Å². The van der Waals surface area contributed by atoms with Gasteiger partial charge < -0.3 is 14.0 Å². The fourth-order valence-electron chi connectivity index (χ4n) is 4.77. The van der Waals surface area contributed by atoms with Crippen molar-refractivity contribution in [3.8, 4) is 0 Å². The van der Waals surface area contributed by atoms with E-state index in [1.165, 1.54) is 19.3 Å². The second-order valence-electron chi connectivity index (χ2n) is 15.5. The monoisotopic (exact) mass is 640 g/mol. The zero-order valence-electron chi connectivity index (χ0n) is 29.1. The van der Waals surface area contributed by atoms with Crippen LogP contribution in [0.25, 0.3) is 0 Å². The van der Waals surface area contributed by atoms with Crippen LogP contribution in [0.4, 0.5) is 0 Å². The first-order chi connectivity index (χ1) is 19.3. The predicted octanol–water partition coefficient (Wildman–Crippen LogP) is 10.4. The number of hydrogen-bond acceptors (Lipinski definition) is 5. The molecule has 0 bridgehead atoms. The van der Waals surface area contributed by atoms with E-state index in [1.807, 2.05) is 0 Å². The van der Waals surface area contributed by atoms with Crippen molar-refractivity contribution in [2.24, 2.45) is 11.8 Å². The average Bonchev–Trinajstić information content (AvgIpc) is 3.16. The average molecular weight is 641 g/mol. The number of thioether (sulfide) groups is 1. The van der Waals surface area contributed by atoms with E-state index >= 15 is 0 Å². The van der Waals surface area contributed by atoms with E-state index in [-0.39, 0.29) is 34.6 Å². The Balaban J connectivity index is 3.35. The Labute approximate surface area is 265 Å². The van der Waals surface area contributed by atoms with Crippen molar-refractivity contribution in [3.05, 3.63) is 22.6 Å². The highest BCUT2D eigenvalue weighted by Crippen LogP contribution is 2.46. The third-order valence-corrected chi connectivity index (χ3v) is 19.9. The van der Waals surface area contributed by atoms with E-state index in [2.05, 4.69) is 93.7 Å². The summed E-state index contributed by atoms with van der Waals surface area (Å²) in [5.74, 6) is 0.743. The fraction of sp³-hybridized carbons (Fsp3) is 0.824. The Hall–Kier alpha value is -0.676. The van der Waals surface area contributed by atoms with E-state index in [1.54, 1.807) is 11.8 Å². The zero-order valence-corrected chi connectivity index (χ0v) is 31.9. The van der Waals surface area contributed by atoms with Gasteiger partial charge in [0.1, 0.15) is 6.29 Å². The molecule has 244 valence electrons. The number of carboxylic acid groups (broad SMARTS) is 1. The van der Waals surface area contributed by atoms with Crippen LogP contribution < -0.4 is 0 Å². The second-order valence-corrected chi connectivity index (χ2v) is 26.1. The molecule has 4 atom stereocenters. The highest BCUT2D eigenvalue weighted by atomic mass is 32.2. The molecule has 1 aliphatic carbocycles. The van der Waals surface area contributed by atoms with Gasteiger partial charge in [0.05, 0.1) is 12.2 Å². The van der Waals surface area contributed by atoms with E-state index in [9.17, 15) is 9.59 Å². The smallest absolute Gasteiger partial charge is 0.303 e. The van der Waals surface area contributed by atoms with Gasteiger partial charge in [0, 0.05) is 29.2 Å². The third-order valence-electron chi connectivity index (χ3n) is 9.60. The number of unbranched alkanes of at least 4 members (excludes halogenated alkanes) is 3. The number of carboxylic acids is 1. The van der Waals surface area contributed by atoms with Crippen molar-refractivity contribution in [1.29, 1.82) is 0 Å². The summed E-state index contributed by atoms with van der Waals surface area (Å²) in [6.45, 7) is 27.5. The Kier molecular flexibility index (Phi) is 16.1. The maximum absolute atomic E-state index is 12.3. The lowest BCUT2D eigenvalue weighted by Gasteiger charge is -2.40. The lowest BCUT2D eigenvalue weighted by atomic mass is 9.96. The molecule has 0 spiro atoms. The Morgan fingerprint density at radius 3 is 2.17 bits per heavy atom. The number of carbonyl (C=O) groups excluding carboxylic acids is 1. The molecule has 1 aliphatic rings. The molecule has 8 heteroatoms. The van der Waals surface area contributed by atoms with Gasteiger partial charge in [-0.05, 0) is 67.2 Å². The molecule has 0 aliphatic heterocycles. The molecular weight excluding hydrogens is 577 g/mol. The Morgan fingerprint density at radius 2 is 1.64 bits per heavy atom. The van der Waals surface area contributed by atoms with Crippen LogP contribution in [-0.4, -0.2) is 52.0 Å². The van der Waals surface area contributed by atoms with Crippen LogP contribution in [0.15, 0.2) is 22.6 Å². The Morgan fingerprint density at radius 1 is 1.02 bits per heavy atom. The molecule has 1 N–H and O–H groups in total. The van der Waals surface area contributed by atoms with Gasteiger partial charge in [0.2, 0.25) is 0 Å². The molecule has 5 nitrogen and oxygen atoms in total. The lowest BCUT2D eigenvalue weighted by molar-refractivity contribution is -0.137. The predicted molar refractivity (Wildman–Crippen MR) is 186 cm³/mol. The van der Waals surface area contributed by atoms with Crippen molar-refractivity contribution < 1.29 is 23.5 Å². The fourth-order valence-corrected chi connectivity index (χ4v) is 8.71. The lowest BCUT2D eigenvalue weighted by Crippen LogP contribution is -2.45. The number of rotatable bonds is 19. The summed E-state index contributed by atoms with van der Waals surface area (Å²) in [5, 5.41) is 9.16. The van der Waals surface area contributed by atoms with Crippen LogP contribution in [0, 0.1) is 11.8 Å². The minimum Gasteiger partial charge on any atom is -0.481 e. The quantitative estimate of drug-likeness (QED) is 0.0655.